The number of carbonyl (C=O) groups is 2. The highest BCUT2D eigenvalue weighted by molar-refractivity contribution is 5.96. The van der Waals surface area contributed by atoms with Crippen molar-refractivity contribution in [2.75, 3.05) is 14.1 Å². The summed E-state index contributed by atoms with van der Waals surface area (Å²) in [5.74, 6) is 0.480. The van der Waals surface area contributed by atoms with Gasteiger partial charge < -0.3 is 9.47 Å². The van der Waals surface area contributed by atoms with Crippen molar-refractivity contribution in [3.63, 3.8) is 0 Å². The van der Waals surface area contributed by atoms with Gasteiger partial charge in [0.2, 0.25) is 5.91 Å². The van der Waals surface area contributed by atoms with E-state index in [4.69, 9.17) is 0 Å². The van der Waals surface area contributed by atoms with Gasteiger partial charge in [-0.1, -0.05) is 19.3 Å². The molecule has 0 bridgehead atoms. The molecule has 1 amide bonds. The van der Waals surface area contributed by atoms with Crippen molar-refractivity contribution in [2.45, 2.75) is 38.5 Å². The largest absolute Gasteiger partial charge is 0.348 e. The summed E-state index contributed by atoms with van der Waals surface area (Å²) in [6, 6.07) is 3.77. The van der Waals surface area contributed by atoms with Gasteiger partial charge in [0.1, 0.15) is 0 Å². The standard InChI is InChI=1S/C16H24N2O2/c1-17(2)15(19)11-13-9-10-14(18(13)3)16(20)12-7-5-4-6-8-12/h9-10,12H,4-8,11H2,1-3H3. The van der Waals surface area contributed by atoms with Crippen LogP contribution in [-0.4, -0.2) is 35.3 Å². The van der Waals surface area contributed by atoms with Gasteiger partial charge >= 0.3 is 0 Å². The van der Waals surface area contributed by atoms with Crippen molar-refractivity contribution in [3.05, 3.63) is 23.5 Å². The van der Waals surface area contributed by atoms with E-state index in [9.17, 15) is 9.59 Å². The molecule has 1 aliphatic carbocycles. The van der Waals surface area contributed by atoms with Crippen LogP contribution in [0.25, 0.3) is 0 Å². The summed E-state index contributed by atoms with van der Waals surface area (Å²) in [5, 5.41) is 0. The van der Waals surface area contributed by atoms with E-state index in [1.807, 2.05) is 23.7 Å². The Morgan fingerprint density at radius 3 is 2.45 bits per heavy atom. The van der Waals surface area contributed by atoms with Crippen molar-refractivity contribution in [1.29, 1.82) is 0 Å². The van der Waals surface area contributed by atoms with Crippen LogP contribution >= 0.6 is 0 Å². The maximum Gasteiger partial charge on any atom is 0.227 e. The Balaban J connectivity index is 2.11. The minimum absolute atomic E-state index is 0.0582. The fraction of sp³-hybridized carbons (Fsp3) is 0.625. The summed E-state index contributed by atoms with van der Waals surface area (Å²) in [6.45, 7) is 0. The second-order valence-corrected chi connectivity index (χ2v) is 5.93. The number of likely N-dealkylation sites (N-methyl/N-ethyl adjacent to an activating group) is 1. The Morgan fingerprint density at radius 2 is 1.85 bits per heavy atom. The fourth-order valence-corrected chi connectivity index (χ4v) is 2.87. The lowest BCUT2D eigenvalue weighted by Crippen LogP contribution is -2.25. The molecule has 1 aromatic heterocycles. The molecule has 0 spiro atoms. The predicted molar refractivity (Wildman–Crippen MR) is 78.7 cm³/mol. The molecule has 1 aromatic rings. The molecule has 4 nitrogen and oxygen atoms in total. The number of rotatable bonds is 4. The van der Waals surface area contributed by atoms with Crippen molar-refractivity contribution < 1.29 is 9.59 Å². The lowest BCUT2D eigenvalue weighted by atomic mass is 9.85. The molecule has 110 valence electrons. The molecule has 0 atom stereocenters. The number of hydrogen-bond acceptors (Lipinski definition) is 2. The van der Waals surface area contributed by atoms with Gasteiger partial charge in [-0.2, -0.15) is 0 Å². The molecule has 0 radical (unpaired) electrons. The molecule has 1 heterocycles. The molecular formula is C16H24N2O2. The number of ketones is 1. The van der Waals surface area contributed by atoms with Gasteiger partial charge in [-0.05, 0) is 25.0 Å². The molecule has 4 heteroatoms. The van der Waals surface area contributed by atoms with Crippen LogP contribution in [0.3, 0.4) is 0 Å². The zero-order valence-electron chi connectivity index (χ0n) is 12.7. The van der Waals surface area contributed by atoms with Crippen LogP contribution in [-0.2, 0) is 18.3 Å². The van der Waals surface area contributed by atoms with Crippen molar-refractivity contribution in [2.24, 2.45) is 13.0 Å². The highest BCUT2D eigenvalue weighted by atomic mass is 16.2. The zero-order chi connectivity index (χ0) is 14.7. The summed E-state index contributed by atoms with van der Waals surface area (Å²) in [6.07, 6.45) is 5.94. The topological polar surface area (TPSA) is 42.3 Å². The first-order chi connectivity index (χ1) is 9.50. The third-order valence-corrected chi connectivity index (χ3v) is 4.29. The van der Waals surface area contributed by atoms with E-state index in [0.717, 1.165) is 37.1 Å². The number of amides is 1. The fourth-order valence-electron chi connectivity index (χ4n) is 2.87. The Bertz CT molecular complexity index is 497. The van der Waals surface area contributed by atoms with Crippen LogP contribution in [0.2, 0.25) is 0 Å². The van der Waals surface area contributed by atoms with Crippen molar-refractivity contribution in [1.82, 2.24) is 9.47 Å². The van der Waals surface area contributed by atoms with E-state index in [1.165, 1.54) is 6.42 Å². The first-order valence-electron chi connectivity index (χ1n) is 7.39. The number of carbonyl (C=O) groups excluding carboxylic acids is 2. The number of hydrogen-bond donors (Lipinski definition) is 0. The molecule has 0 aromatic carbocycles. The van der Waals surface area contributed by atoms with Gasteiger partial charge in [-0.15, -0.1) is 0 Å². The van der Waals surface area contributed by atoms with Crippen LogP contribution in [0.4, 0.5) is 0 Å². The van der Waals surface area contributed by atoms with Crippen LogP contribution in [0.5, 0.6) is 0 Å². The van der Waals surface area contributed by atoms with E-state index in [-0.39, 0.29) is 17.6 Å². The van der Waals surface area contributed by atoms with Gasteiger partial charge in [0, 0.05) is 32.8 Å². The molecular weight excluding hydrogens is 252 g/mol. The maximum atomic E-state index is 12.5. The number of Topliss-reactive ketones (excluding diaryl/α,β-unsaturated/α-hetero) is 1. The van der Waals surface area contributed by atoms with E-state index >= 15 is 0 Å². The zero-order valence-corrected chi connectivity index (χ0v) is 12.7. The SMILES string of the molecule is CN(C)C(=O)Cc1ccc(C(=O)C2CCCCC2)n1C. The second kappa shape index (κ2) is 6.25. The molecule has 0 aliphatic heterocycles. The van der Waals surface area contributed by atoms with Gasteiger partial charge in [0.05, 0.1) is 12.1 Å². The molecule has 1 aliphatic rings. The normalized spacial score (nSPS) is 16.1. The van der Waals surface area contributed by atoms with Gasteiger partial charge in [-0.25, -0.2) is 0 Å². The van der Waals surface area contributed by atoms with E-state index in [0.29, 0.717) is 6.42 Å². The molecule has 0 unspecified atom stereocenters. The van der Waals surface area contributed by atoms with E-state index in [2.05, 4.69) is 0 Å². The Labute approximate surface area is 120 Å². The summed E-state index contributed by atoms with van der Waals surface area (Å²) in [5.41, 5.74) is 1.65. The lowest BCUT2D eigenvalue weighted by molar-refractivity contribution is -0.128. The summed E-state index contributed by atoms with van der Waals surface area (Å²) < 4.78 is 1.89. The summed E-state index contributed by atoms with van der Waals surface area (Å²) in [4.78, 5) is 25.9. The summed E-state index contributed by atoms with van der Waals surface area (Å²) >= 11 is 0. The monoisotopic (exact) mass is 276 g/mol. The third kappa shape index (κ3) is 3.11. The van der Waals surface area contributed by atoms with Crippen LogP contribution in [0.1, 0.15) is 48.3 Å². The highest BCUT2D eigenvalue weighted by Crippen LogP contribution is 2.27. The van der Waals surface area contributed by atoms with Gasteiger partial charge in [-0.3, -0.25) is 9.59 Å². The van der Waals surface area contributed by atoms with Gasteiger partial charge in [0.25, 0.3) is 0 Å². The maximum absolute atomic E-state index is 12.5. The molecule has 0 saturated heterocycles. The number of nitrogens with zero attached hydrogens (tertiary/aromatic N) is 2. The average Bonchev–Trinajstić information content (AvgIpc) is 2.80. The highest BCUT2D eigenvalue weighted by Gasteiger charge is 2.25. The molecule has 1 saturated carbocycles. The third-order valence-electron chi connectivity index (χ3n) is 4.29. The molecule has 20 heavy (non-hydrogen) atoms. The quantitative estimate of drug-likeness (QED) is 0.793. The molecule has 2 rings (SSSR count). The summed E-state index contributed by atoms with van der Waals surface area (Å²) in [7, 11) is 5.38. The Morgan fingerprint density at radius 1 is 1.20 bits per heavy atom. The van der Waals surface area contributed by atoms with Crippen LogP contribution in [0, 0.1) is 5.92 Å². The first kappa shape index (κ1) is 14.8. The van der Waals surface area contributed by atoms with Gasteiger partial charge in [0.15, 0.2) is 5.78 Å². The van der Waals surface area contributed by atoms with E-state index in [1.54, 1.807) is 19.0 Å². The first-order valence-corrected chi connectivity index (χ1v) is 7.39. The minimum atomic E-state index is 0.0582. The Kier molecular flexibility index (Phi) is 4.63. The Hall–Kier alpha value is -1.58. The predicted octanol–water partition coefficient (Wildman–Crippen LogP) is 2.42. The van der Waals surface area contributed by atoms with Crippen molar-refractivity contribution >= 4 is 11.7 Å². The van der Waals surface area contributed by atoms with Crippen LogP contribution < -0.4 is 0 Å². The van der Waals surface area contributed by atoms with Crippen molar-refractivity contribution in [3.8, 4) is 0 Å². The van der Waals surface area contributed by atoms with Crippen LogP contribution in [0.15, 0.2) is 12.1 Å². The smallest absolute Gasteiger partial charge is 0.227 e. The number of aromatic nitrogens is 1. The molecule has 1 fully saturated rings. The second-order valence-electron chi connectivity index (χ2n) is 5.93. The minimum Gasteiger partial charge on any atom is -0.348 e. The average molecular weight is 276 g/mol. The lowest BCUT2D eigenvalue weighted by Gasteiger charge is -2.20. The molecule has 0 N–H and O–H groups in total. The van der Waals surface area contributed by atoms with E-state index < -0.39 is 0 Å².